The zero-order valence-corrected chi connectivity index (χ0v) is 18.7. The molecule has 168 valence electrons. The van der Waals surface area contributed by atoms with E-state index >= 15 is 0 Å². The molecule has 5 rings (SSSR count). The Kier molecular flexibility index (Phi) is 5.79. The number of pyridine rings is 1. The Balaban J connectivity index is 1.27. The lowest BCUT2D eigenvalue weighted by atomic mass is 10.0. The number of amides is 2. The first-order valence-corrected chi connectivity index (χ1v) is 11.2. The fraction of sp³-hybridized carbons (Fsp3) is 0.182. The van der Waals surface area contributed by atoms with Crippen molar-refractivity contribution in [2.45, 2.75) is 13.0 Å². The highest BCUT2D eigenvalue weighted by Gasteiger charge is 2.22. The molecule has 0 atom stereocenters. The topological polar surface area (TPSA) is 104 Å². The SMILES string of the molecule is O=C(Nc1nc2ccc(F)cc2s1)N1CC=C(c2ncc(-c3ocnc3CO)cc2Cl)CC1. The molecule has 2 amide bonds. The summed E-state index contributed by atoms with van der Waals surface area (Å²) < 4.78 is 19.4. The van der Waals surface area contributed by atoms with Crippen LogP contribution in [0.3, 0.4) is 0 Å². The Morgan fingerprint density at radius 2 is 2.21 bits per heavy atom. The van der Waals surface area contributed by atoms with Gasteiger partial charge in [-0.3, -0.25) is 10.3 Å². The third-order valence-corrected chi connectivity index (χ3v) is 6.48. The maximum Gasteiger partial charge on any atom is 0.323 e. The summed E-state index contributed by atoms with van der Waals surface area (Å²) in [5.41, 5.74) is 3.25. The summed E-state index contributed by atoms with van der Waals surface area (Å²) in [5.74, 6) is 0.0872. The molecule has 0 aliphatic carbocycles. The van der Waals surface area contributed by atoms with Crippen molar-refractivity contribution in [1.29, 1.82) is 0 Å². The number of anilines is 1. The van der Waals surface area contributed by atoms with Crippen LogP contribution in [0.4, 0.5) is 14.3 Å². The Morgan fingerprint density at radius 3 is 2.97 bits per heavy atom. The predicted octanol–water partition coefficient (Wildman–Crippen LogP) is 4.95. The van der Waals surface area contributed by atoms with Gasteiger partial charge in [0.05, 0.1) is 27.5 Å². The number of hydrogen-bond acceptors (Lipinski definition) is 7. The molecular formula is C22H17ClFN5O3S. The molecule has 2 N–H and O–H groups in total. The summed E-state index contributed by atoms with van der Waals surface area (Å²) in [7, 11) is 0. The van der Waals surface area contributed by atoms with Gasteiger partial charge in [0.25, 0.3) is 0 Å². The second-order valence-electron chi connectivity index (χ2n) is 7.33. The number of rotatable bonds is 4. The van der Waals surface area contributed by atoms with Gasteiger partial charge in [0.1, 0.15) is 11.5 Å². The number of benzene rings is 1. The van der Waals surface area contributed by atoms with Crippen LogP contribution in [0.1, 0.15) is 17.8 Å². The third-order valence-electron chi connectivity index (χ3n) is 5.26. The van der Waals surface area contributed by atoms with E-state index < -0.39 is 0 Å². The van der Waals surface area contributed by atoms with Crippen molar-refractivity contribution < 1.29 is 18.7 Å². The first-order valence-electron chi connectivity index (χ1n) is 10.0. The average Bonchev–Trinajstić information content (AvgIpc) is 3.45. The lowest BCUT2D eigenvalue weighted by molar-refractivity contribution is 0.217. The number of fused-ring (bicyclic) bond motifs is 1. The fourth-order valence-electron chi connectivity index (χ4n) is 3.61. The molecule has 1 aromatic carbocycles. The van der Waals surface area contributed by atoms with Crippen molar-refractivity contribution >= 4 is 49.9 Å². The van der Waals surface area contributed by atoms with Crippen LogP contribution in [0.2, 0.25) is 5.02 Å². The number of nitrogens with one attached hydrogen (secondary N) is 1. The van der Waals surface area contributed by atoms with Crippen molar-refractivity contribution in [1.82, 2.24) is 19.9 Å². The van der Waals surface area contributed by atoms with Gasteiger partial charge in [0.15, 0.2) is 17.3 Å². The van der Waals surface area contributed by atoms with Crippen LogP contribution in [-0.4, -0.2) is 44.1 Å². The van der Waals surface area contributed by atoms with Gasteiger partial charge in [-0.25, -0.2) is 19.2 Å². The fourth-order valence-corrected chi connectivity index (χ4v) is 4.77. The number of aliphatic hydroxyl groups is 1. The second kappa shape index (κ2) is 8.89. The van der Waals surface area contributed by atoms with Crippen LogP contribution in [0.15, 0.2) is 47.3 Å². The van der Waals surface area contributed by atoms with E-state index in [9.17, 15) is 14.3 Å². The van der Waals surface area contributed by atoms with Gasteiger partial charge in [-0.2, -0.15) is 0 Å². The van der Waals surface area contributed by atoms with Gasteiger partial charge in [0.2, 0.25) is 0 Å². The molecule has 0 saturated heterocycles. The minimum absolute atomic E-state index is 0.248. The molecule has 0 bridgehead atoms. The zero-order chi connectivity index (χ0) is 22.9. The standard InChI is InChI=1S/C22H17ClFN5O3S/c23-15-7-13(20-17(10-30)26-11-32-20)9-25-19(15)12-3-5-29(6-4-12)22(31)28-21-27-16-2-1-14(24)8-18(16)33-21/h1-3,7-9,11,30H,4-6,10H2,(H,27,28,31). The predicted molar refractivity (Wildman–Crippen MR) is 123 cm³/mol. The summed E-state index contributed by atoms with van der Waals surface area (Å²) in [5, 5.41) is 13.0. The summed E-state index contributed by atoms with van der Waals surface area (Å²) in [6.45, 7) is 0.618. The molecule has 1 aliphatic heterocycles. The highest BCUT2D eigenvalue weighted by atomic mass is 35.5. The minimum atomic E-state index is -0.340. The molecule has 4 aromatic rings. The zero-order valence-electron chi connectivity index (χ0n) is 17.1. The number of halogens is 2. The molecule has 0 saturated carbocycles. The van der Waals surface area contributed by atoms with Crippen LogP contribution >= 0.6 is 22.9 Å². The first kappa shape index (κ1) is 21.5. The number of aliphatic hydroxyl groups excluding tert-OH is 1. The molecule has 4 heterocycles. The van der Waals surface area contributed by atoms with Gasteiger partial charge >= 0.3 is 6.03 Å². The molecule has 1 aliphatic rings. The maximum absolute atomic E-state index is 13.4. The Hall–Kier alpha value is -3.34. The summed E-state index contributed by atoms with van der Waals surface area (Å²) in [6.07, 6.45) is 5.38. The molecule has 0 spiro atoms. The van der Waals surface area contributed by atoms with E-state index in [4.69, 9.17) is 16.0 Å². The normalized spacial score (nSPS) is 13.9. The molecule has 0 radical (unpaired) electrons. The Labute approximate surface area is 196 Å². The second-order valence-corrected chi connectivity index (χ2v) is 8.77. The van der Waals surface area contributed by atoms with E-state index in [1.54, 1.807) is 23.2 Å². The highest BCUT2D eigenvalue weighted by Crippen LogP contribution is 2.32. The molecule has 3 aromatic heterocycles. The molecule has 8 nitrogen and oxygen atoms in total. The van der Waals surface area contributed by atoms with Crippen molar-refractivity contribution in [3.63, 3.8) is 0 Å². The van der Waals surface area contributed by atoms with Crippen LogP contribution < -0.4 is 5.32 Å². The van der Waals surface area contributed by atoms with Crippen LogP contribution in [0, 0.1) is 5.82 Å². The molecule has 0 unspecified atom stereocenters. The Morgan fingerprint density at radius 1 is 1.33 bits per heavy atom. The van der Waals surface area contributed by atoms with Crippen molar-refractivity contribution in [2.75, 3.05) is 18.4 Å². The molecular weight excluding hydrogens is 469 g/mol. The van der Waals surface area contributed by atoms with Gasteiger partial charge in [0, 0.05) is 24.8 Å². The molecule has 11 heteroatoms. The van der Waals surface area contributed by atoms with E-state index in [-0.39, 0.29) is 18.5 Å². The monoisotopic (exact) mass is 485 g/mol. The van der Waals surface area contributed by atoms with Crippen molar-refractivity contribution in [2.24, 2.45) is 0 Å². The van der Waals surface area contributed by atoms with Crippen LogP contribution in [0.5, 0.6) is 0 Å². The summed E-state index contributed by atoms with van der Waals surface area (Å²) in [6, 6.07) is 5.77. The number of urea groups is 1. The Bertz CT molecular complexity index is 1390. The lowest BCUT2D eigenvalue weighted by Crippen LogP contribution is -2.37. The van der Waals surface area contributed by atoms with Gasteiger partial charge in [-0.05, 0) is 36.3 Å². The number of carbonyl (C=O) groups excluding carboxylic acids is 1. The summed E-state index contributed by atoms with van der Waals surface area (Å²) >= 11 is 7.70. The van der Waals surface area contributed by atoms with Gasteiger partial charge in [-0.15, -0.1) is 0 Å². The van der Waals surface area contributed by atoms with Crippen LogP contribution in [0.25, 0.3) is 27.1 Å². The summed E-state index contributed by atoms with van der Waals surface area (Å²) in [4.78, 5) is 27.1. The molecule has 0 fully saturated rings. The minimum Gasteiger partial charge on any atom is -0.443 e. The smallest absolute Gasteiger partial charge is 0.323 e. The lowest BCUT2D eigenvalue weighted by Gasteiger charge is -2.26. The van der Waals surface area contributed by atoms with Crippen molar-refractivity contribution in [3.05, 3.63) is 65.2 Å². The van der Waals surface area contributed by atoms with Gasteiger partial charge in [-0.1, -0.05) is 29.0 Å². The van der Waals surface area contributed by atoms with Gasteiger partial charge < -0.3 is 14.4 Å². The quantitative estimate of drug-likeness (QED) is 0.423. The molecule has 33 heavy (non-hydrogen) atoms. The van der Waals surface area contributed by atoms with E-state index in [0.29, 0.717) is 62.6 Å². The average molecular weight is 486 g/mol. The number of hydrogen-bond donors (Lipinski definition) is 2. The first-order chi connectivity index (χ1) is 16.0. The van der Waals surface area contributed by atoms with E-state index in [1.165, 1.54) is 29.9 Å². The third kappa shape index (κ3) is 4.32. The maximum atomic E-state index is 13.4. The number of oxazole rings is 1. The largest absolute Gasteiger partial charge is 0.443 e. The number of aromatic nitrogens is 3. The number of carbonyl (C=O) groups is 1. The van der Waals surface area contributed by atoms with Crippen LogP contribution in [-0.2, 0) is 6.61 Å². The number of thiazole rings is 1. The van der Waals surface area contributed by atoms with E-state index in [2.05, 4.69) is 20.3 Å². The number of nitrogens with zero attached hydrogens (tertiary/aromatic N) is 4. The van der Waals surface area contributed by atoms with E-state index in [1.807, 2.05) is 6.08 Å². The van der Waals surface area contributed by atoms with Crippen molar-refractivity contribution in [3.8, 4) is 11.3 Å². The highest BCUT2D eigenvalue weighted by molar-refractivity contribution is 7.22. The van der Waals surface area contributed by atoms with E-state index in [0.717, 1.165) is 5.57 Å².